The first-order chi connectivity index (χ1) is 12.9. The standard InChI is InChI=1S/C18H18N2O7/c1-12-7-8-15(16(9-12)25-2)26-11-18(22)27-10-17(21)19-13-5-3-4-6-14(13)20(23)24/h3-9H,10-11H2,1-2H3,(H,19,21). The number of aryl methyl sites for hydroxylation is 1. The average molecular weight is 374 g/mol. The Bertz CT molecular complexity index is 851. The van der Waals surface area contributed by atoms with Gasteiger partial charge >= 0.3 is 5.97 Å². The predicted octanol–water partition coefficient (Wildman–Crippen LogP) is 2.47. The highest BCUT2D eigenvalue weighted by Gasteiger charge is 2.16. The molecule has 0 atom stereocenters. The minimum Gasteiger partial charge on any atom is -0.493 e. The Balaban J connectivity index is 1.84. The van der Waals surface area contributed by atoms with Gasteiger partial charge in [0.25, 0.3) is 11.6 Å². The highest BCUT2D eigenvalue weighted by Crippen LogP contribution is 2.27. The first-order valence-corrected chi connectivity index (χ1v) is 7.87. The zero-order valence-electron chi connectivity index (χ0n) is 14.8. The van der Waals surface area contributed by atoms with Crippen molar-refractivity contribution in [3.8, 4) is 11.5 Å². The number of nitro groups is 1. The molecule has 27 heavy (non-hydrogen) atoms. The molecule has 2 aromatic rings. The third-order valence-electron chi connectivity index (χ3n) is 3.40. The highest BCUT2D eigenvalue weighted by atomic mass is 16.6. The molecule has 9 heteroatoms. The SMILES string of the molecule is COc1cc(C)ccc1OCC(=O)OCC(=O)Nc1ccccc1[N+](=O)[O-]. The number of anilines is 1. The van der Waals surface area contributed by atoms with Gasteiger partial charge in [0.2, 0.25) is 0 Å². The van der Waals surface area contributed by atoms with Crippen molar-refractivity contribution in [2.24, 2.45) is 0 Å². The Morgan fingerprint density at radius 3 is 2.56 bits per heavy atom. The van der Waals surface area contributed by atoms with Gasteiger partial charge in [-0.1, -0.05) is 18.2 Å². The quantitative estimate of drug-likeness (QED) is 0.428. The van der Waals surface area contributed by atoms with Crippen molar-refractivity contribution < 1.29 is 28.7 Å². The van der Waals surface area contributed by atoms with Crippen LogP contribution in [0.4, 0.5) is 11.4 Å². The number of amides is 1. The fourth-order valence-corrected chi connectivity index (χ4v) is 2.14. The summed E-state index contributed by atoms with van der Waals surface area (Å²) in [5.74, 6) is -0.637. The van der Waals surface area contributed by atoms with Crippen molar-refractivity contribution in [2.75, 3.05) is 25.6 Å². The summed E-state index contributed by atoms with van der Waals surface area (Å²) in [5, 5.41) is 13.2. The number of methoxy groups -OCH3 is 1. The van der Waals surface area contributed by atoms with E-state index in [1.807, 2.05) is 6.92 Å². The van der Waals surface area contributed by atoms with Crippen molar-refractivity contribution in [3.05, 3.63) is 58.1 Å². The summed E-state index contributed by atoms with van der Waals surface area (Å²) in [6.07, 6.45) is 0. The van der Waals surface area contributed by atoms with E-state index in [9.17, 15) is 19.7 Å². The van der Waals surface area contributed by atoms with E-state index in [0.717, 1.165) is 5.56 Å². The number of carbonyl (C=O) groups excluding carboxylic acids is 2. The maximum Gasteiger partial charge on any atom is 0.344 e. The van der Waals surface area contributed by atoms with Gasteiger partial charge in [-0.05, 0) is 30.7 Å². The van der Waals surface area contributed by atoms with Crippen LogP contribution in [-0.4, -0.2) is 37.1 Å². The molecular weight excluding hydrogens is 356 g/mol. The summed E-state index contributed by atoms with van der Waals surface area (Å²) in [6.45, 7) is 0.869. The molecule has 142 valence electrons. The number of nitro benzene ring substituents is 1. The molecule has 2 rings (SSSR count). The van der Waals surface area contributed by atoms with E-state index in [4.69, 9.17) is 14.2 Å². The van der Waals surface area contributed by atoms with Gasteiger partial charge in [-0.3, -0.25) is 14.9 Å². The molecule has 0 spiro atoms. The average Bonchev–Trinajstić information content (AvgIpc) is 2.65. The number of hydrogen-bond donors (Lipinski definition) is 1. The monoisotopic (exact) mass is 374 g/mol. The first-order valence-electron chi connectivity index (χ1n) is 7.87. The van der Waals surface area contributed by atoms with Crippen molar-refractivity contribution in [3.63, 3.8) is 0 Å². The fourth-order valence-electron chi connectivity index (χ4n) is 2.14. The molecule has 0 aliphatic heterocycles. The summed E-state index contributed by atoms with van der Waals surface area (Å²) < 4.78 is 15.3. The van der Waals surface area contributed by atoms with E-state index < -0.39 is 30.0 Å². The van der Waals surface area contributed by atoms with Crippen molar-refractivity contribution in [1.29, 1.82) is 0 Å². The van der Waals surface area contributed by atoms with Gasteiger partial charge in [-0.2, -0.15) is 0 Å². The number of nitrogens with zero attached hydrogens (tertiary/aromatic N) is 1. The zero-order valence-corrected chi connectivity index (χ0v) is 14.8. The van der Waals surface area contributed by atoms with Gasteiger partial charge in [0.1, 0.15) is 5.69 Å². The summed E-state index contributed by atoms with van der Waals surface area (Å²) in [4.78, 5) is 33.9. The van der Waals surface area contributed by atoms with Crippen LogP contribution >= 0.6 is 0 Å². The molecule has 0 radical (unpaired) electrons. The largest absolute Gasteiger partial charge is 0.493 e. The number of esters is 1. The number of benzene rings is 2. The van der Waals surface area contributed by atoms with Crippen molar-refractivity contribution >= 4 is 23.3 Å². The van der Waals surface area contributed by atoms with Crippen LogP contribution in [0, 0.1) is 17.0 Å². The first kappa shape index (κ1) is 19.7. The molecule has 0 heterocycles. The molecule has 9 nitrogen and oxygen atoms in total. The fraction of sp³-hybridized carbons (Fsp3) is 0.222. The molecule has 0 unspecified atom stereocenters. The molecule has 0 bridgehead atoms. The second kappa shape index (κ2) is 9.18. The summed E-state index contributed by atoms with van der Waals surface area (Å²) in [5.41, 5.74) is 0.726. The maximum absolute atomic E-state index is 11.8. The Labute approximate surface area is 155 Å². The van der Waals surface area contributed by atoms with Crippen LogP contribution in [0.1, 0.15) is 5.56 Å². The van der Waals surface area contributed by atoms with Crippen LogP contribution in [0.3, 0.4) is 0 Å². The van der Waals surface area contributed by atoms with Crippen LogP contribution in [-0.2, 0) is 14.3 Å². The van der Waals surface area contributed by atoms with Crippen LogP contribution in [0.2, 0.25) is 0 Å². The van der Waals surface area contributed by atoms with E-state index in [0.29, 0.717) is 11.5 Å². The second-order valence-corrected chi connectivity index (χ2v) is 5.43. The molecule has 0 saturated heterocycles. The van der Waals surface area contributed by atoms with Crippen LogP contribution < -0.4 is 14.8 Å². The van der Waals surface area contributed by atoms with Gasteiger partial charge in [0.05, 0.1) is 12.0 Å². The Morgan fingerprint density at radius 1 is 1.11 bits per heavy atom. The number of para-hydroxylation sites is 2. The van der Waals surface area contributed by atoms with E-state index in [1.54, 1.807) is 18.2 Å². The number of ether oxygens (including phenoxy) is 3. The van der Waals surface area contributed by atoms with Crippen LogP contribution in [0.15, 0.2) is 42.5 Å². The van der Waals surface area contributed by atoms with Gasteiger partial charge in [-0.25, -0.2) is 4.79 Å². The number of rotatable bonds is 8. The van der Waals surface area contributed by atoms with Crippen molar-refractivity contribution in [1.82, 2.24) is 0 Å². The summed E-state index contributed by atoms with van der Waals surface area (Å²) in [6, 6.07) is 10.9. The Hall–Kier alpha value is -3.62. The van der Waals surface area contributed by atoms with E-state index in [1.165, 1.54) is 31.4 Å². The predicted molar refractivity (Wildman–Crippen MR) is 95.9 cm³/mol. The molecule has 0 aromatic heterocycles. The van der Waals surface area contributed by atoms with Gasteiger partial charge in [0.15, 0.2) is 24.7 Å². The smallest absolute Gasteiger partial charge is 0.344 e. The summed E-state index contributed by atoms with van der Waals surface area (Å²) in [7, 11) is 1.48. The minimum absolute atomic E-state index is 0.0178. The zero-order chi connectivity index (χ0) is 19.8. The molecule has 0 fully saturated rings. The molecular formula is C18H18N2O7. The summed E-state index contributed by atoms with van der Waals surface area (Å²) >= 11 is 0. The third kappa shape index (κ3) is 5.70. The lowest BCUT2D eigenvalue weighted by Crippen LogP contribution is -2.24. The Morgan fingerprint density at radius 2 is 1.85 bits per heavy atom. The number of hydrogen-bond acceptors (Lipinski definition) is 7. The molecule has 2 aromatic carbocycles. The highest BCUT2D eigenvalue weighted by molar-refractivity contribution is 5.94. The van der Waals surface area contributed by atoms with Crippen LogP contribution in [0.25, 0.3) is 0 Å². The topological polar surface area (TPSA) is 117 Å². The molecule has 0 aliphatic carbocycles. The van der Waals surface area contributed by atoms with Crippen LogP contribution in [0.5, 0.6) is 11.5 Å². The van der Waals surface area contributed by atoms with E-state index in [-0.39, 0.29) is 11.4 Å². The molecule has 0 saturated carbocycles. The van der Waals surface area contributed by atoms with E-state index >= 15 is 0 Å². The Kier molecular flexibility index (Phi) is 6.70. The minimum atomic E-state index is -0.768. The van der Waals surface area contributed by atoms with E-state index in [2.05, 4.69) is 5.32 Å². The molecule has 0 aliphatic rings. The lowest BCUT2D eigenvalue weighted by atomic mass is 10.2. The molecule has 1 N–H and O–H groups in total. The number of carbonyl (C=O) groups is 2. The lowest BCUT2D eigenvalue weighted by Gasteiger charge is -2.11. The normalized spacial score (nSPS) is 10.0. The third-order valence-corrected chi connectivity index (χ3v) is 3.40. The maximum atomic E-state index is 11.8. The number of nitrogens with one attached hydrogen (secondary N) is 1. The van der Waals surface area contributed by atoms with Gasteiger partial charge in [0, 0.05) is 6.07 Å². The van der Waals surface area contributed by atoms with Gasteiger partial charge in [-0.15, -0.1) is 0 Å². The van der Waals surface area contributed by atoms with Gasteiger partial charge < -0.3 is 19.5 Å². The molecule has 1 amide bonds. The second-order valence-electron chi connectivity index (χ2n) is 5.43. The lowest BCUT2D eigenvalue weighted by molar-refractivity contribution is -0.383. The van der Waals surface area contributed by atoms with Crippen molar-refractivity contribution in [2.45, 2.75) is 6.92 Å².